The standard InChI is InChI=1S/C9H8N2O2/c1-6(8(4-10)5-11)3-7(2)9(12)13/h3H,1-2H3,(H,12,13)/b7-3+. The first-order valence-electron chi connectivity index (χ1n) is 3.45. The molecule has 0 fully saturated rings. The van der Waals surface area contributed by atoms with Crippen molar-refractivity contribution < 1.29 is 9.90 Å². The molecule has 0 aliphatic rings. The summed E-state index contributed by atoms with van der Waals surface area (Å²) in [5.41, 5.74) is 0.394. The van der Waals surface area contributed by atoms with Gasteiger partial charge in [0.15, 0.2) is 0 Å². The van der Waals surface area contributed by atoms with Crippen LogP contribution in [0.1, 0.15) is 13.8 Å². The van der Waals surface area contributed by atoms with Gasteiger partial charge in [-0.2, -0.15) is 10.5 Å². The van der Waals surface area contributed by atoms with Crippen LogP contribution in [0.3, 0.4) is 0 Å². The summed E-state index contributed by atoms with van der Waals surface area (Å²) in [7, 11) is 0. The Morgan fingerprint density at radius 2 is 1.77 bits per heavy atom. The first-order chi connectivity index (χ1) is 6.02. The summed E-state index contributed by atoms with van der Waals surface area (Å²) in [5, 5.41) is 25.4. The van der Waals surface area contributed by atoms with Crippen LogP contribution in [0.15, 0.2) is 22.8 Å². The van der Waals surface area contributed by atoms with E-state index in [1.807, 2.05) is 0 Å². The summed E-state index contributed by atoms with van der Waals surface area (Å²) in [6.07, 6.45) is 1.30. The van der Waals surface area contributed by atoms with E-state index >= 15 is 0 Å². The normalized spacial score (nSPS) is 9.69. The van der Waals surface area contributed by atoms with Crippen LogP contribution in [-0.2, 0) is 4.79 Å². The second kappa shape index (κ2) is 4.74. The van der Waals surface area contributed by atoms with Crippen molar-refractivity contribution in [2.45, 2.75) is 13.8 Å². The fourth-order valence-electron chi connectivity index (χ4n) is 0.660. The lowest BCUT2D eigenvalue weighted by Gasteiger charge is -1.93. The van der Waals surface area contributed by atoms with Gasteiger partial charge in [-0.25, -0.2) is 4.79 Å². The maximum atomic E-state index is 10.4. The zero-order chi connectivity index (χ0) is 10.4. The topological polar surface area (TPSA) is 84.9 Å². The molecule has 0 amide bonds. The molecule has 0 radical (unpaired) electrons. The molecule has 4 nitrogen and oxygen atoms in total. The zero-order valence-electron chi connectivity index (χ0n) is 7.33. The Kier molecular flexibility index (Phi) is 3.98. The number of carbonyl (C=O) groups is 1. The third-order valence-corrected chi connectivity index (χ3v) is 1.39. The van der Waals surface area contributed by atoms with Gasteiger partial charge in [-0.05, 0) is 25.5 Å². The molecule has 0 heterocycles. The molecule has 1 N–H and O–H groups in total. The molecule has 13 heavy (non-hydrogen) atoms. The molecule has 0 unspecified atom stereocenters. The molecule has 0 atom stereocenters. The van der Waals surface area contributed by atoms with E-state index in [1.165, 1.54) is 19.9 Å². The molecule has 0 aromatic heterocycles. The van der Waals surface area contributed by atoms with Crippen LogP contribution in [0.25, 0.3) is 0 Å². The van der Waals surface area contributed by atoms with Gasteiger partial charge in [0.05, 0.1) is 0 Å². The van der Waals surface area contributed by atoms with E-state index in [2.05, 4.69) is 0 Å². The number of nitrogens with zero attached hydrogens (tertiary/aromatic N) is 2. The van der Waals surface area contributed by atoms with Gasteiger partial charge >= 0.3 is 5.97 Å². The molecule has 0 saturated carbocycles. The highest BCUT2D eigenvalue weighted by atomic mass is 16.4. The largest absolute Gasteiger partial charge is 0.478 e. The summed E-state index contributed by atoms with van der Waals surface area (Å²) in [6.45, 7) is 2.92. The Bertz CT molecular complexity index is 348. The highest BCUT2D eigenvalue weighted by Crippen LogP contribution is 2.06. The summed E-state index contributed by atoms with van der Waals surface area (Å²) in [5.74, 6) is -1.06. The molecule has 0 aromatic rings. The summed E-state index contributed by atoms with van der Waals surface area (Å²) < 4.78 is 0. The van der Waals surface area contributed by atoms with E-state index < -0.39 is 5.97 Å². The molecular weight excluding hydrogens is 168 g/mol. The van der Waals surface area contributed by atoms with Crippen molar-refractivity contribution in [3.05, 3.63) is 22.8 Å². The number of aliphatic carboxylic acids is 1. The lowest BCUT2D eigenvalue weighted by molar-refractivity contribution is -0.132. The van der Waals surface area contributed by atoms with Crippen LogP contribution in [0.5, 0.6) is 0 Å². The molecule has 0 spiro atoms. The van der Waals surface area contributed by atoms with Crippen LogP contribution in [-0.4, -0.2) is 11.1 Å². The number of carboxylic acids is 1. The van der Waals surface area contributed by atoms with Gasteiger partial charge in [0.1, 0.15) is 17.7 Å². The summed E-state index contributed by atoms with van der Waals surface area (Å²) in [4.78, 5) is 10.4. The van der Waals surface area contributed by atoms with Crippen molar-refractivity contribution >= 4 is 5.97 Å². The molecule has 0 aromatic carbocycles. The Morgan fingerprint density at radius 3 is 2.08 bits per heavy atom. The van der Waals surface area contributed by atoms with E-state index in [9.17, 15) is 4.79 Å². The number of allylic oxidation sites excluding steroid dienone is 3. The van der Waals surface area contributed by atoms with E-state index in [-0.39, 0.29) is 11.1 Å². The van der Waals surface area contributed by atoms with Crippen molar-refractivity contribution in [1.29, 1.82) is 10.5 Å². The number of rotatable bonds is 2. The molecule has 0 rings (SSSR count). The Morgan fingerprint density at radius 1 is 1.31 bits per heavy atom. The van der Waals surface area contributed by atoms with E-state index in [4.69, 9.17) is 15.6 Å². The Labute approximate surface area is 76.0 Å². The third-order valence-electron chi connectivity index (χ3n) is 1.39. The molecule has 0 saturated heterocycles. The zero-order valence-corrected chi connectivity index (χ0v) is 7.33. The lowest BCUT2D eigenvalue weighted by Crippen LogP contribution is -1.96. The fraction of sp³-hybridized carbons (Fsp3) is 0.222. The average molecular weight is 176 g/mol. The second-order valence-corrected chi connectivity index (χ2v) is 2.41. The minimum Gasteiger partial charge on any atom is -0.478 e. The first kappa shape index (κ1) is 10.9. The van der Waals surface area contributed by atoms with Gasteiger partial charge in [0, 0.05) is 5.57 Å². The average Bonchev–Trinajstić information content (AvgIpc) is 2.06. The number of carboxylic acid groups (broad SMARTS) is 1. The van der Waals surface area contributed by atoms with Gasteiger partial charge in [0.2, 0.25) is 0 Å². The molecule has 0 aliphatic carbocycles. The summed E-state index contributed by atoms with van der Waals surface area (Å²) in [6, 6.07) is 3.35. The smallest absolute Gasteiger partial charge is 0.331 e. The maximum absolute atomic E-state index is 10.4. The highest BCUT2D eigenvalue weighted by molar-refractivity contribution is 5.86. The van der Waals surface area contributed by atoms with Crippen LogP contribution in [0, 0.1) is 22.7 Å². The van der Waals surface area contributed by atoms with E-state index in [0.29, 0.717) is 5.57 Å². The predicted molar refractivity (Wildman–Crippen MR) is 45.3 cm³/mol. The van der Waals surface area contributed by atoms with Gasteiger partial charge in [0.25, 0.3) is 0 Å². The first-order valence-corrected chi connectivity index (χ1v) is 3.45. The fourth-order valence-corrected chi connectivity index (χ4v) is 0.660. The van der Waals surface area contributed by atoms with Crippen LogP contribution in [0.4, 0.5) is 0 Å². The van der Waals surface area contributed by atoms with Crippen LogP contribution < -0.4 is 0 Å². The van der Waals surface area contributed by atoms with Crippen LogP contribution >= 0.6 is 0 Å². The van der Waals surface area contributed by atoms with Gasteiger partial charge in [-0.3, -0.25) is 0 Å². The lowest BCUT2D eigenvalue weighted by atomic mass is 10.1. The maximum Gasteiger partial charge on any atom is 0.331 e. The SMILES string of the molecule is CC(/C=C(\C)C(=O)O)=C(C#N)C#N. The quantitative estimate of drug-likeness (QED) is 0.391. The van der Waals surface area contributed by atoms with Crippen molar-refractivity contribution in [1.82, 2.24) is 0 Å². The molecule has 0 aliphatic heterocycles. The number of nitriles is 2. The predicted octanol–water partition coefficient (Wildman–Crippen LogP) is 1.38. The third kappa shape index (κ3) is 3.22. The second-order valence-electron chi connectivity index (χ2n) is 2.41. The van der Waals surface area contributed by atoms with Gasteiger partial charge < -0.3 is 5.11 Å². The molecule has 0 bridgehead atoms. The van der Waals surface area contributed by atoms with Gasteiger partial charge in [-0.1, -0.05) is 0 Å². The highest BCUT2D eigenvalue weighted by Gasteiger charge is 2.02. The van der Waals surface area contributed by atoms with Crippen LogP contribution in [0.2, 0.25) is 0 Å². The Hall–Kier alpha value is -2.07. The van der Waals surface area contributed by atoms with E-state index in [1.54, 1.807) is 12.1 Å². The minimum absolute atomic E-state index is 0.0689. The summed E-state index contributed by atoms with van der Waals surface area (Å²) >= 11 is 0. The van der Waals surface area contributed by atoms with Crippen molar-refractivity contribution in [3.63, 3.8) is 0 Å². The van der Waals surface area contributed by atoms with E-state index in [0.717, 1.165) is 0 Å². The monoisotopic (exact) mass is 176 g/mol. The van der Waals surface area contributed by atoms with Gasteiger partial charge in [-0.15, -0.1) is 0 Å². The molecular formula is C9H8N2O2. The Balaban J connectivity index is 5.07. The van der Waals surface area contributed by atoms with Crippen molar-refractivity contribution in [2.75, 3.05) is 0 Å². The van der Waals surface area contributed by atoms with Crippen molar-refractivity contribution in [3.8, 4) is 12.1 Å². The number of hydrogen-bond donors (Lipinski definition) is 1. The van der Waals surface area contributed by atoms with Crippen molar-refractivity contribution in [2.24, 2.45) is 0 Å². The minimum atomic E-state index is -1.06. The molecule has 66 valence electrons. The number of hydrogen-bond acceptors (Lipinski definition) is 3. The molecule has 4 heteroatoms.